The highest BCUT2D eigenvalue weighted by atomic mass is 16.2. The van der Waals surface area contributed by atoms with E-state index in [4.69, 9.17) is 5.10 Å². The van der Waals surface area contributed by atoms with Gasteiger partial charge < -0.3 is 19.7 Å². The fourth-order valence-electron chi connectivity index (χ4n) is 5.60. The lowest BCUT2D eigenvalue weighted by Crippen LogP contribution is -2.38. The van der Waals surface area contributed by atoms with Gasteiger partial charge in [-0.2, -0.15) is 5.10 Å². The van der Waals surface area contributed by atoms with Gasteiger partial charge in [-0.15, -0.1) is 0 Å². The maximum atomic E-state index is 14.2. The van der Waals surface area contributed by atoms with Crippen molar-refractivity contribution in [1.82, 2.24) is 19.2 Å². The summed E-state index contributed by atoms with van der Waals surface area (Å²) in [4.78, 5) is 18.2. The van der Waals surface area contributed by atoms with Gasteiger partial charge in [0.2, 0.25) is 0 Å². The quantitative estimate of drug-likeness (QED) is 0.278. The van der Waals surface area contributed by atoms with Crippen molar-refractivity contribution in [1.29, 1.82) is 0 Å². The fourth-order valence-corrected chi connectivity index (χ4v) is 5.60. The third-order valence-corrected chi connectivity index (χ3v) is 7.70. The molecule has 0 aliphatic carbocycles. The molecule has 40 heavy (non-hydrogen) atoms. The van der Waals surface area contributed by atoms with Gasteiger partial charge >= 0.3 is 6.03 Å². The smallest absolute Gasteiger partial charge is 0.322 e. The van der Waals surface area contributed by atoms with Crippen molar-refractivity contribution in [3.63, 3.8) is 0 Å². The van der Waals surface area contributed by atoms with Crippen LogP contribution in [0.25, 0.3) is 11.5 Å². The predicted octanol–water partition coefficient (Wildman–Crippen LogP) is 6.79. The minimum Gasteiger partial charge on any atom is -0.378 e. The highest BCUT2D eigenvalue weighted by Gasteiger charge is 2.36. The second-order valence-corrected chi connectivity index (χ2v) is 10.7. The molecule has 1 aliphatic heterocycles. The first-order valence-electron chi connectivity index (χ1n) is 13.6. The van der Waals surface area contributed by atoms with E-state index >= 15 is 0 Å². The number of aryl methyl sites for hydroxylation is 3. The van der Waals surface area contributed by atoms with Gasteiger partial charge in [0.05, 0.1) is 29.7 Å². The molecular weight excluding hydrogens is 496 g/mol. The van der Waals surface area contributed by atoms with Crippen LogP contribution in [0, 0.1) is 20.8 Å². The summed E-state index contributed by atoms with van der Waals surface area (Å²) in [5.74, 6) is 0.959. The average Bonchev–Trinajstić information content (AvgIpc) is 3.51. The van der Waals surface area contributed by atoms with Crippen LogP contribution in [0.5, 0.6) is 0 Å². The summed E-state index contributed by atoms with van der Waals surface area (Å²) < 4.78 is 4.18. The number of rotatable bonds is 4. The molecule has 2 amide bonds. The van der Waals surface area contributed by atoms with Crippen LogP contribution in [0.15, 0.2) is 91.1 Å². The van der Waals surface area contributed by atoms with Crippen LogP contribution < -0.4 is 10.2 Å². The molecule has 0 saturated carbocycles. The summed E-state index contributed by atoms with van der Waals surface area (Å²) in [5, 5.41) is 8.16. The second-order valence-electron chi connectivity index (χ2n) is 10.7. The first kappa shape index (κ1) is 25.5. The van der Waals surface area contributed by atoms with Gasteiger partial charge in [-0.05, 0) is 74.4 Å². The van der Waals surface area contributed by atoms with Crippen LogP contribution in [-0.4, -0.2) is 39.4 Å². The van der Waals surface area contributed by atoms with Gasteiger partial charge in [0.25, 0.3) is 0 Å². The van der Waals surface area contributed by atoms with Crippen molar-refractivity contribution >= 4 is 17.4 Å². The molecule has 1 aliphatic rings. The Kier molecular flexibility index (Phi) is 6.42. The number of anilines is 2. The van der Waals surface area contributed by atoms with E-state index < -0.39 is 0 Å². The van der Waals surface area contributed by atoms with Crippen molar-refractivity contribution in [3.8, 4) is 11.5 Å². The first-order chi connectivity index (χ1) is 19.3. The number of carbonyl (C=O) groups excluding carboxylic acids is 1. The Morgan fingerprint density at radius 2 is 1.68 bits per heavy atom. The number of hydrogen-bond donors (Lipinski definition) is 1. The molecule has 0 saturated heterocycles. The third kappa shape index (κ3) is 4.43. The average molecular weight is 531 g/mol. The Bertz CT molecular complexity index is 1680. The number of nitrogens with zero attached hydrogens (tertiary/aromatic N) is 5. The number of carbonyl (C=O) groups is 1. The van der Waals surface area contributed by atoms with E-state index in [1.165, 1.54) is 0 Å². The topological polar surface area (TPSA) is 58.3 Å². The monoisotopic (exact) mass is 530 g/mol. The molecule has 1 unspecified atom stereocenters. The molecule has 3 aromatic carbocycles. The fraction of sp³-hybridized carbons (Fsp3) is 0.212. The summed E-state index contributed by atoms with van der Waals surface area (Å²) in [5.41, 5.74) is 9.06. The number of aromatic nitrogens is 3. The van der Waals surface area contributed by atoms with Crippen LogP contribution in [0.3, 0.4) is 0 Å². The van der Waals surface area contributed by atoms with Crippen molar-refractivity contribution in [2.24, 2.45) is 0 Å². The molecule has 0 spiro atoms. The van der Waals surface area contributed by atoms with E-state index in [-0.39, 0.29) is 12.1 Å². The predicted molar refractivity (Wildman–Crippen MR) is 161 cm³/mol. The lowest BCUT2D eigenvalue weighted by Gasteiger charge is -2.31. The zero-order valence-electron chi connectivity index (χ0n) is 23.6. The van der Waals surface area contributed by atoms with Gasteiger partial charge in [-0.3, -0.25) is 0 Å². The number of fused-ring (bicyclic) bond motifs is 3. The van der Waals surface area contributed by atoms with Gasteiger partial charge in [0.15, 0.2) is 0 Å². The molecule has 0 fully saturated rings. The number of para-hydroxylation sites is 1. The lowest BCUT2D eigenvalue weighted by molar-refractivity contribution is 0.194. The van der Waals surface area contributed by atoms with Crippen LogP contribution in [0.2, 0.25) is 0 Å². The van der Waals surface area contributed by atoms with E-state index in [2.05, 4.69) is 76.4 Å². The van der Waals surface area contributed by atoms with Gasteiger partial charge in [-0.1, -0.05) is 48.0 Å². The molecule has 1 atom stereocenters. The lowest BCUT2D eigenvalue weighted by atomic mass is 10.0. The summed E-state index contributed by atoms with van der Waals surface area (Å²) in [6.45, 7) is 6.52. The number of benzene rings is 3. The van der Waals surface area contributed by atoms with E-state index in [9.17, 15) is 4.79 Å². The molecule has 0 bridgehead atoms. The highest BCUT2D eigenvalue weighted by molar-refractivity contribution is 5.91. The van der Waals surface area contributed by atoms with Crippen LogP contribution in [0.4, 0.5) is 16.2 Å². The van der Waals surface area contributed by atoms with Crippen LogP contribution in [0.1, 0.15) is 39.7 Å². The summed E-state index contributed by atoms with van der Waals surface area (Å²) in [7, 11) is 4.06. The Labute approximate surface area is 235 Å². The molecule has 0 radical (unpaired) electrons. The van der Waals surface area contributed by atoms with E-state index in [1.54, 1.807) is 0 Å². The molecule has 202 valence electrons. The number of hydrogen-bond acceptors (Lipinski definition) is 3. The van der Waals surface area contributed by atoms with E-state index in [0.717, 1.165) is 56.5 Å². The second kappa shape index (κ2) is 10.1. The van der Waals surface area contributed by atoms with Gasteiger partial charge in [-0.25, -0.2) is 9.48 Å². The Morgan fingerprint density at radius 3 is 2.38 bits per heavy atom. The zero-order valence-corrected chi connectivity index (χ0v) is 23.6. The summed E-state index contributed by atoms with van der Waals surface area (Å²) in [6.07, 6.45) is 2.07. The molecule has 7 nitrogen and oxygen atoms in total. The highest BCUT2D eigenvalue weighted by Crippen LogP contribution is 2.39. The normalized spacial score (nSPS) is 14.3. The minimum atomic E-state index is -0.312. The van der Waals surface area contributed by atoms with Crippen molar-refractivity contribution in [3.05, 3.63) is 125 Å². The van der Waals surface area contributed by atoms with Crippen LogP contribution in [-0.2, 0) is 6.54 Å². The molecule has 6 rings (SSSR count). The Balaban J connectivity index is 1.52. The minimum absolute atomic E-state index is 0.152. The molecule has 3 heterocycles. The molecule has 5 aromatic rings. The van der Waals surface area contributed by atoms with Crippen molar-refractivity contribution in [2.75, 3.05) is 24.3 Å². The van der Waals surface area contributed by atoms with E-state index in [0.29, 0.717) is 6.54 Å². The largest absolute Gasteiger partial charge is 0.378 e. The van der Waals surface area contributed by atoms with Gasteiger partial charge in [0.1, 0.15) is 5.82 Å². The zero-order chi connectivity index (χ0) is 28.0. The number of amides is 2. The third-order valence-electron chi connectivity index (χ3n) is 7.70. The number of urea groups is 1. The van der Waals surface area contributed by atoms with Gasteiger partial charge in [0, 0.05) is 37.2 Å². The van der Waals surface area contributed by atoms with Crippen molar-refractivity contribution < 1.29 is 4.79 Å². The Hall–Kier alpha value is -4.78. The number of nitrogens with one attached hydrogen (secondary N) is 1. The van der Waals surface area contributed by atoms with Crippen LogP contribution >= 0.6 is 0 Å². The summed E-state index contributed by atoms with van der Waals surface area (Å²) >= 11 is 0. The standard InChI is InChI=1S/C33H34N6O/c1-22-13-18-29(23(2)20-22)34-33(40)38-21-28-24(3)35-39(27-10-7-6-8-11-27)32(28)37-19-9-12-30(37)31(38)25-14-16-26(17-15-25)36(4)5/h6-20,31H,21H2,1-5H3,(H,34,40). The van der Waals surface area contributed by atoms with Crippen molar-refractivity contribution in [2.45, 2.75) is 33.4 Å². The molecule has 7 heteroatoms. The maximum absolute atomic E-state index is 14.2. The summed E-state index contributed by atoms with van der Waals surface area (Å²) in [6, 6.07) is 28.4. The molecule has 2 aromatic heterocycles. The molecule has 1 N–H and O–H groups in total. The Morgan fingerprint density at radius 1 is 0.925 bits per heavy atom. The maximum Gasteiger partial charge on any atom is 0.322 e. The van der Waals surface area contributed by atoms with E-state index in [1.807, 2.05) is 73.9 Å². The SMILES string of the molecule is Cc1ccc(NC(=O)N2Cc3c(C)nn(-c4ccccc4)c3-n3cccc3C2c2ccc(N(C)C)cc2)c(C)c1. The first-order valence-corrected chi connectivity index (χ1v) is 13.6. The molecular formula is C33H34N6O.